The van der Waals surface area contributed by atoms with Crippen molar-refractivity contribution in [2.45, 2.75) is 38.9 Å². The van der Waals surface area contributed by atoms with E-state index in [0.717, 1.165) is 6.42 Å². The molecule has 0 saturated carbocycles. The van der Waals surface area contributed by atoms with Gasteiger partial charge in [-0.15, -0.1) is 0 Å². The van der Waals surface area contributed by atoms with E-state index in [4.69, 9.17) is 0 Å². The highest BCUT2D eigenvalue weighted by Crippen LogP contribution is 2.23. The molecule has 1 fully saturated rings. The number of nitrogens with zero attached hydrogens (tertiary/aromatic N) is 2. The molecule has 1 atom stereocenters. The van der Waals surface area contributed by atoms with E-state index >= 15 is 0 Å². The van der Waals surface area contributed by atoms with Crippen LogP contribution in [0.5, 0.6) is 0 Å². The highest BCUT2D eigenvalue weighted by atomic mass is 15.2. The van der Waals surface area contributed by atoms with Gasteiger partial charge in [-0.1, -0.05) is 0 Å². The molecule has 0 aromatic rings. The van der Waals surface area contributed by atoms with Crippen LogP contribution in [-0.4, -0.2) is 24.3 Å². The van der Waals surface area contributed by atoms with E-state index in [9.17, 15) is 0 Å². The summed E-state index contributed by atoms with van der Waals surface area (Å²) in [5, 5.41) is 3.31. The Bertz CT molecular complexity index is 174. The Morgan fingerprint density at radius 3 is 2.64 bits per heavy atom. The molecule has 1 aliphatic heterocycles. The second kappa shape index (κ2) is 3.13. The van der Waals surface area contributed by atoms with E-state index in [0.29, 0.717) is 0 Å². The molecule has 11 heavy (non-hydrogen) atoms. The Morgan fingerprint density at radius 1 is 1.55 bits per heavy atom. The fourth-order valence-corrected chi connectivity index (χ4v) is 1.19. The first-order valence-electron chi connectivity index (χ1n) is 3.91. The minimum Gasteiger partial charge on any atom is -0.291 e. The summed E-state index contributed by atoms with van der Waals surface area (Å²) in [5.74, 6) is 0. The van der Waals surface area contributed by atoms with Gasteiger partial charge in [-0.3, -0.25) is 10.3 Å². The van der Waals surface area contributed by atoms with Gasteiger partial charge in [0.25, 0.3) is 0 Å². The fraction of sp³-hybridized carbons (Fsp3) is 0.750. The van der Waals surface area contributed by atoms with Crippen molar-refractivity contribution in [1.82, 2.24) is 5.32 Å². The smallest absolute Gasteiger partial charge is 0.111 e. The van der Waals surface area contributed by atoms with Crippen molar-refractivity contribution in [3.8, 4) is 0 Å². The molecular weight excluding hydrogens is 138 g/mol. The molecule has 0 spiro atoms. The highest BCUT2D eigenvalue weighted by molar-refractivity contribution is 5.70. The van der Waals surface area contributed by atoms with E-state index in [-0.39, 0.29) is 11.7 Å². The molecule has 0 aromatic carbocycles. The largest absolute Gasteiger partial charge is 0.291 e. The number of hydrogen-bond donors (Lipinski definition) is 1. The van der Waals surface area contributed by atoms with E-state index in [1.54, 1.807) is 12.6 Å². The second-order valence-corrected chi connectivity index (χ2v) is 3.42. The summed E-state index contributed by atoms with van der Waals surface area (Å²) in [6, 6.07) is 0. The lowest BCUT2D eigenvalue weighted by atomic mass is 9.90. The van der Waals surface area contributed by atoms with Crippen molar-refractivity contribution in [2.75, 3.05) is 0 Å². The predicted molar refractivity (Wildman–Crippen MR) is 48.3 cm³/mol. The molecule has 0 radical (unpaired) electrons. The quantitative estimate of drug-likeness (QED) is 0.469. The Balaban J connectivity index is 2.23. The van der Waals surface area contributed by atoms with Gasteiger partial charge in [0, 0.05) is 18.2 Å². The van der Waals surface area contributed by atoms with Crippen molar-refractivity contribution in [2.24, 2.45) is 9.98 Å². The van der Waals surface area contributed by atoms with E-state index in [1.807, 2.05) is 6.92 Å². The molecular formula is C8H15N3. The molecule has 0 bridgehead atoms. The monoisotopic (exact) mass is 153 g/mol. The molecule has 1 N–H and O–H groups in total. The van der Waals surface area contributed by atoms with Gasteiger partial charge >= 0.3 is 0 Å². The maximum atomic E-state index is 4.18. The maximum absolute atomic E-state index is 4.18. The zero-order valence-corrected chi connectivity index (χ0v) is 7.33. The second-order valence-electron chi connectivity index (χ2n) is 3.42. The van der Waals surface area contributed by atoms with Crippen LogP contribution in [0.2, 0.25) is 0 Å². The fourth-order valence-electron chi connectivity index (χ4n) is 1.19. The molecule has 62 valence electrons. The topological polar surface area (TPSA) is 36.8 Å². The van der Waals surface area contributed by atoms with Gasteiger partial charge in [-0.25, -0.2) is 4.99 Å². The van der Waals surface area contributed by atoms with Crippen LogP contribution in [-0.2, 0) is 0 Å². The van der Waals surface area contributed by atoms with Crippen molar-refractivity contribution in [1.29, 1.82) is 0 Å². The Labute approximate surface area is 67.6 Å². The van der Waals surface area contributed by atoms with E-state index < -0.39 is 0 Å². The summed E-state index contributed by atoms with van der Waals surface area (Å²) >= 11 is 0. The van der Waals surface area contributed by atoms with Crippen molar-refractivity contribution in [3.63, 3.8) is 0 Å². The van der Waals surface area contributed by atoms with Gasteiger partial charge in [-0.05, 0) is 20.8 Å². The molecule has 0 aromatic heterocycles. The average Bonchev–Trinajstić information content (AvgIpc) is 1.84. The maximum Gasteiger partial charge on any atom is 0.111 e. The van der Waals surface area contributed by atoms with Crippen LogP contribution in [0, 0.1) is 0 Å². The summed E-state index contributed by atoms with van der Waals surface area (Å²) < 4.78 is 0. The van der Waals surface area contributed by atoms with Crippen LogP contribution in [0.15, 0.2) is 9.98 Å². The lowest BCUT2D eigenvalue weighted by Gasteiger charge is -2.41. The minimum absolute atomic E-state index is 0.276. The van der Waals surface area contributed by atoms with Crippen LogP contribution in [0.1, 0.15) is 27.2 Å². The molecule has 1 saturated heterocycles. The standard InChI is InChI=1S/C8H15N3/c1-4-9-6-10-7-5-8(2,3)11-7/h4,6-7,11H,5H2,1-3H3. The van der Waals surface area contributed by atoms with Gasteiger partial charge in [0.1, 0.15) is 12.5 Å². The third kappa shape index (κ3) is 2.42. The first-order valence-corrected chi connectivity index (χ1v) is 3.91. The van der Waals surface area contributed by atoms with Crippen molar-refractivity contribution < 1.29 is 0 Å². The minimum atomic E-state index is 0.276. The average molecular weight is 153 g/mol. The first-order chi connectivity index (χ1) is 5.14. The lowest BCUT2D eigenvalue weighted by molar-refractivity contribution is 0.182. The van der Waals surface area contributed by atoms with Crippen LogP contribution >= 0.6 is 0 Å². The van der Waals surface area contributed by atoms with Crippen LogP contribution in [0.4, 0.5) is 0 Å². The molecule has 1 rings (SSSR count). The molecule has 1 unspecified atom stereocenters. The van der Waals surface area contributed by atoms with Crippen molar-refractivity contribution >= 4 is 12.6 Å². The molecule has 3 heteroatoms. The Kier molecular flexibility index (Phi) is 2.39. The van der Waals surface area contributed by atoms with E-state index in [1.165, 1.54) is 0 Å². The zero-order valence-electron chi connectivity index (χ0n) is 7.33. The third-order valence-electron chi connectivity index (χ3n) is 1.72. The lowest BCUT2D eigenvalue weighted by Crippen LogP contribution is -2.58. The summed E-state index contributed by atoms with van der Waals surface area (Å²) in [7, 11) is 0. The summed E-state index contributed by atoms with van der Waals surface area (Å²) in [6.45, 7) is 6.22. The number of hydrogen-bond acceptors (Lipinski definition) is 2. The van der Waals surface area contributed by atoms with Gasteiger partial charge in [-0.2, -0.15) is 0 Å². The normalized spacial score (nSPS) is 29.5. The number of aliphatic imine (C=N–C) groups is 2. The SMILES string of the molecule is CC=NC=NC1CC(C)(C)N1. The highest BCUT2D eigenvalue weighted by Gasteiger charge is 2.34. The summed E-state index contributed by atoms with van der Waals surface area (Å²) in [5.41, 5.74) is 0.276. The molecule has 3 nitrogen and oxygen atoms in total. The van der Waals surface area contributed by atoms with E-state index in [2.05, 4.69) is 29.1 Å². The molecule has 1 heterocycles. The number of rotatable bonds is 2. The first kappa shape index (κ1) is 8.40. The zero-order chi connectivity index (χ0) is 8.32. The molecule has 0 amide bonds. The van der Waals surface area contributed by atoms with Crippen molar-refractivity contribution in [3.05, 3.63) is 0 Å². The third-order valence-corrected chi connectivity index (χ3v) is 1.72. The van der Waals surface area contributed by atoms with Gasteiger partial charge in [0.05, 0.1) is 0 Å². The summed E-state index contributed by atoms with van der Waals surface area (Å²) in [4.78, 5) is 8.07. The van der Waals surface area contributed by atoms with Crippen LogP contribution in [0.25, 0.3) is 0 Å². The van der Waals surface area contributed by atoms with Crippen LogP contribution in [0.3, 0.4) is 0 Å². The van der Waals surface area contributed by atoms with Gasteiger partial charge in [0.15, 0.2) is 0 Å². The number of nitrogens with one attached hydrogen (secondary N) is 1. The molecule has 1 aliphatic rings. The van der Waals surface area contributed by atoms with Gasteiger partial charge in [0.2, 0.25) is 0 Å². The predicted octanol–water partition coefficient (Wildman–Crippen LogP) is 1.20. The Morgan fingerprint density at radius 2 is 2.18 bits per heavy atom. The summed E-state index contributed by atoms with van der Waals surface area (Å²) in [6.07, 6.45) is 4.72. The Hall–Kier alpha value is -0.700. The van der Waals surface area contributed by atoms with Gasteiger partial charge < -0.3 is 0 Å². The molecule has 0 aliphatic carbocycles. The van der Waals surface area contributed by atoms with Crippen LogP contribution < -0.4 is 5.32 Å².